The van der Waals surface area contributed by atoms with E-state index in [4.69, 9.17) is 9.15 Å². The van der Waals surface area contributed by atoms with Crippen LogP contribution in [0.3, 0.4) is 0 Å². The minimum Gasteiger partial charge on any atom is -0.466 e. The van der Waals surface area contributed by atoms with Crippen molar-refractivity contribution in [2.75, 3.05) is 4.90 Å². The fourth-order valence-electron chi connectivity index (χ4n) is 2.64. The molecule has 2 heterocycles. The first-order chi connectivity index (χ1) is 10.9. The highest BCUT2D eigenvalue weighted by molar-refractivity contribution is 5.76. The first kappa shape index (κ1) is 12.8. The Kier molecular flexibility index (Phi) is 3.16. The number of benzene rings is 2. The van der Waals surface area contributed by atoms with Crippen LogP contribution in [-0.2, 0) is 0 Å². The lowest BCUT2D eigenvalue weighted by Gasteiger charge is -2.33. The Hall–Kier alpha value is -2.94. The molecule has 0 fully saturated rings. The number of hydrogen-bond acceptors (Lipinski definition) is 3. The Morgan fingerprint density at radius 3 is 2.50 bits per heavy atom. The highest BCUT2D eigenvalue weighted by atomic mass is 16.5. The monoisotopic (exact) mass is 289 g/mol. The van der Waals surface area contributed by atoms with Crippen LogP contribution in [0.25, 0.3) is 6.08 Å². The van der Waals surface area contributed by atoms with E-state index in [0.29, 0.717) is 0 Å². The Bertz CT molecular complexity index is 778. The average molecular weight is 289 g/mol. The Labute approximate surface area is 129 Å². The molecule has 1 aromatic heterocycles. The Morgan fingerprint density at radius 1 is 0.864 bits per heavy atom. The molecule has 1 aliphatic rings. The summed E-state index contributed by atoms with van der Waals surface area (Å²) >= 11 is 0. The molecule has 0 aliphatic carbocycles. The van der Waals surface area contributed by atoms with Crippen LogP contribution in [0.5, 0.6) is 5.75 Å². The van der Waals surface area contributed by atoms with Crippen LogP contribution in [0.15, 0.2) is 83.5 Å². The number of para-hydroxylation sites is 2. The van der Waals surface area contributed by atoms with Crippen molar-refractivity contribution >= 4 is 17.6 Å². The standard InChI is InChI=1S/C19H15NO2/c1-2-8-16(9-3-1)22-19-13-12-15-7-4-5-10-17(15)20(19)18-11-6-14-21-18/h1-14,19H. The van der Waals surface area contributed by atoms with Gasteiger partial charge in [-0.3, -0.25) is 4.90 Å². The summed E-state index contributed by atoms with van der Waals surface area (Å²) in [5.74, 6) is 1.59. The molecule has 0 amide bonds. The fraction of sp³-hybridized carbons (Fsp3) is 0.0526. The molecule has 3 aromatic rings. The molecule has 1 aliphatic heterocycles. The van der Waals surface area contributed by atoms with Gasteiger partial charge in [0.05, 0.1) is 12.0 Å². The van der Waals surface area contributed by atoms with Crippen LogP contribution in [0, 0.1) is 0 Å². The first-order valence-electron chi connectivity index (χ1n) is 7.23. The van der Waals surface area contributed by atoms with Crippen LogP contribution in [0.2, 0.25) is 0 Å². The van der Waals surface area contributed by atoms with Crippen LogP contribution in [0.1, 0.15) is 5.56 Å². The molecule has 4 rings (SSSR count). The molecule has 3 heteroatoms. The molecule has 1 unspecified atom stereocenters. The quantitative estimate of drug-likeness (QED) is 0.689. The highest BCUT2D eigenvalue weighted by Crippen LogP contribution is 2.36. The lowest BCUT2D eigenvalue weighted by molar-refractivity contribution is 0.249. The van der Waals surface area contributed by atoms with Crippen LogP contribution in [0.4, 0.5) is 11.6 Å². The van der Waals surface area contributed by atoms with Gasteiger partial charge in [0.2, 0.25) is 5.88 Å². The van der Waals surface area contributed by atoms with Crippen molar-refractivity contribution < 1.29 is 9.15 Å². The smallest absolute Gasteiger partial charge is 0.202 e. The summed E-state index contributed by atoms with van der Waals surface area (Å²) < 4.78 is 11.7. The lowest BCUT2D eigenvalue weighted by Crippen LogP contribution is -2.36. The minimum atomic E-state index is -0.247. The maximum absolute atomic E-state index is 6.13. The molecule has 22 heavy (non-hydrogen) atoms. The minimum absolute atomic E-state index is 0.247. The van der Waals surface area contributed by atoms with E-state index in [0.717, 1.165) is 22.9 Å². The van der Waals surface area contributed by atoms with Gasteiger partial charge in [0, 0.05) is 6.07 Å². The normalized spacial score (nSPS) is 16.4. The third kappa shape index (κ3) is 2.27. The van der Waals surface area contributed by atoms with Gasteiger partial charge < -0.3 is 9.15 Å². The molecular weight excluding hydrogens is 274 g/mol. The summed E-state index contributed by atoms with van der Waals surface area (Å²) in [6.07, 6.45) is 5.55. The number of hydrogen-bond donors (Lipinski definition) is 0. The van der Waals surface area contributed by atoms with Crippen LogP contribution in [-0.4, -0.2) is 6.23 Å². The van der Waals surface area contributed by atoms with Gasteiger partial charge in [-0.05, 0) is 35.9 Å². The highest BCUT2D eigenvalue weighted by Gasteiger charge is 2.27. The molecule has 2 aromatic carbocycles. The van der Waals surface area contributed by atoms with Crippen LogP contribution < -0.4 is 9.64 Å². The zero-order chi connectivity index (χ0) is 14.8. The maximum Gasteiger partial charge on any atom is 0.202 e. The van der Waals surface area contributed by atoms with Gasteiger partial charge in [0.25, 0.3) is 0 Å². The Balaban J connectivity index is 1.75. The fourth-order valence-corrected chi connectivity index (χ4v) is 2.64. The van der Waals surface area contributed by atoms with E-state index < -0.39 is 0 Å². The zero-order valence-corrected chi connectivity index (χ0v) is 11.9. The number of anilines is 2. The third-order valence-corrected chi connectivity index (χ3v) is 3.63. The van der Waals surface area contributed by atoms with Crippen molar-refractivity contribution in [2.45, 2.75) is 6.23 Å². The summed E-state index contributed by atoms with van der Waals surface area (Å²) in [5.41, 5.74) is 2.22. The summed E-state index contributed by atoms with van der Waals surface area (Å²) in [4.78, 5) is 2.06. The Morgan fingerprint density at radius 2 is 1.68 bits per heavy atom. The third-order valence-electron chi connectivity index (χ3n) is 3.63. The number of fused-ring (bicyclic) bond motifs is 1. The second kappa shape index (κ2) is 5.45. The van der Waals surface area contributed by atoms with Crippen molar-refractivity contribution in [3.05, 3.63) is 84.6 Å². The maximum atomic E-state index is 6.13. The SMILES string of the molecule is C1=CC(Oc2ccccc2)N(c2ccco2)c2ccccc21. The summed E-state index contributed by atoms with van der Waals surface area (Å²) in [6, 6.07) is 21.8. The van der Waals surface area contributed by atoms with E-state index in [9.17, 15) is 0 Å². The second-order valence-corrected chi connectivity index (χ2v) is 5.06. The van der Waals surface area contributed by atoms with Gasteiger partial charge in [0.15, 0.2) is 6.23 Å². The molecule has 3 nitrogen and oxygen atoms in total. The topological polar surface area (TPSA) is 25.6 Å². The van der Waals surface area contributed by atoms with E-state index in [2.05, 4.69) is 23.1 Å². The van der Waals surface area contributed by atoms with Crippen molar-refractivity contribution in [3.63, 3.8) is 0 Å². The summed E-state index contributed by atoms with van der Waals surface area (Å²) in [6.45, 7) is 0. The molecule has 1 atom stereocenters. The molecular formula is C19H15NO2. The largest absolute Gasteiger partial charge is 0.466 e. The van der Waals surface area contributed by atoms with E-state index in [1.807, 2.05) is 60.7 Å². The molecule has 0 saturated heterocycles. The van der Waals surface area contributed by atoms with Gasteiger partial charge in [-0.1, -0.05) is 42.5 Å². The zero-order valence-electron chi connectivity index (χ0n) is 11.9. The molecule has 0 N–H and O–H groups in total. The second-order valence-electron chi connectivity index (χ2n) is 5.06. The summed E-state index contributed by atoms with van der Waals surface area (Å²) in [7, 11) is 0. The molecule has 0 saturated carbocycles. The number of furan rings is 1. The van der Waals surface area contributed by atoms with Crippen molar-refractivity contribution in [1.82, 2.24) is 0 Å². The predicted molar refractivity (Wildman–Crippen MR) is 87.2 cm³/mol. The van der Waals surface area contributed by atoms with E-state index >= 15 is 0 Å². The van der Waals surface area contributed by atoms with Gasteiger partial charge >= 0.3 is 0 Å². The number of ether oxygens (including phenoxy) is 1. The molecule has 0 radical (unpaired) electrons. The number of nitrogens with zero attached hydrogens (tertiary/aromatic N) is 1. The van der Waals surface area contributed by atoms with Crippen LogP contribution >= 0.6 is 0 Å². The molecule has 108 valence electrons. The number of rotatable bonds is 3. The first-order valence-corrected chi connectivity index (χ1v) is 7.23. The van der Waals surface area contributed by atoms with Crippen molar-refractivity contribution in [1.29, 1.82) is 0 Å². The predicted octanol–water partition coefficient (Wildman–Crippen LogP) is 4.85. The molecule has 0 spiro atoms. The van der Waals surface area contributed by atoms with Gasteiger partial charge in [-0.25, -0.2) is 0 Å². The average Bonchev–Trinajstić information content (AvgIpc) is 3.10. The van der Waals surface area contributed by atoms with Crippen molar-refractivity contribution in [3.8, 4) is 5.75 Å². The van der Waals surface area contributed by atoms with Gasteiger partial charge in [0.1, 0.15) is 5.75 Å². The van der Waals surface area contributed by atoms with E-state index in [-0.39, 0.29) is 6.23 Å². The van der Waals surface area contributed by atoms with E-state index in [1.54, 1.807) is 6.26 Å². The van der Waals surface area contributed by atoms with E-state index in [1.165, 1.54) is 0 Å². The van der Waals surface area contributed by atoms with Crippen molar-refractivity contribution in [2.24, 2.45) is 0 Å². The van der Waals surface area contributed by atoms with Gasteiger partial charge in [-0.2, -0.15) is 0 Å². The lowest BCUT2D eigenvalue weighted by atomic mass is 10.1. The molecule has 0 bridgehead atoms. The summed E-state index contributed by atoms with van der Waals surface area (Å²) in [5, 5.41) is 0. The van der Waals surface area contributed by atoms with Gasteiger partial charge in [-0.15, -0.1) is 0 Å².